The summed E-state index contributed by atoms with van der Waals surface area (Å²) in [6, 6.07) is 6.39. The summed E-state index contributed by atoms with van der Waals surface area (Å²) in [7, 11) is 0. The lowest BCUT2D eigenvalue weighted by molar-refractivity contribution is 0.305. The molecule has 1 aromatic carbocycles. The lowest BCUT2D eigenvalue weighted by Gasteiger charge is -2.46. The van der Waals surface area contributed by atoms with Crippen molar-refractivity contribution < 1.29 is 0 Å². The van der Waals surface area contributed by atoms with Gasteiger partial charge < -0.3 is 11.5 Å². The van der Waals surface area contributed by atoms with Gasteiger partial charge in [0.1, 0.15) is 5.66 Å². The van der Waals surface area contributed by atoms with Gasteiger partial charge in [0.25, 0.3) is 0 Å². The highest BCUT2D eigenvalue weighted by Gasteiger charge is 2.42. The molecule has 1 aliphatic carbocycles. The summed E-state index contributed by atoms with van der Waals surface area (Å²) in [6.07, 6.45) is 5.47. The summed E-state index contributed by atoms with van der Waals surface area (Å²) in [6.45, 7) is 4.19. The van der Waals surface area contributed by atoms with Gasteiger partial charge >= 0.3 is 0 Å². The first-order chi connectivity index (χ1) is 10.0. The third-order valence-electron chi connectivity index (χ3n) is 4.46. The highest BCUT2D eigenvalue weighted by Crippen LogP contribution is 2.40. The standard InChI is InChI=1S/C16H23N5/c1-11-6-7-12(2)13(10-11)21-15(18)19-14(17)20-16(21)8-4-3-5-9-16/h6-7,10H,3-5,8-9H2,1-2H3,(H4,17,18,19,20). The van der Waals surface area contributed by atoms with Crippen molar-refractivity contribution in [3.63, 3.8) is 0 Å². The number of aliphatic imine (C=N–C) groups is 2. The highest BCUT2D eigenvalue weighted by molar-refractivity contribution is 6.06. The van der Waals surface area contributed by atoms with E-state index >= 15 is 0 Å². The molecule has 0 atom stereocenters. The smallest absolute Gasteiger partial charge is 0.220 e. The van der Waals surface area contributed by atoms with Crippen molar-refractivity contribution in [1.82, 2.24) is 0 Å². The molecule has 0 amide bonds. The fourth-order valence-corrected chi connectivity index (χ4v) is 3.43. The van der Waals surface area contributed by atoms with Crippen LogP contribution in [-0.4, -0.2) is 17.6 Å². The molecule has 112 valence electrons. The maximum absolute atomic E-state index is 6.24. The van der Waals surface area contributed by atoms with E-state index in [0.717, 1.165) is 31.4 Å². The maximum atomic E-state index is 6.24. The van der Waals surface area contributed by atoms with Gasteiger partial charge in [-0.2, -0.15) is 4.99 Å². The van der Waals surface area contributed by atoms with E-state index < -0.39 is 0 Å². The van der Waals surface area contributed by atoms with E-state index in [4.69, 9.17) is 16.5 Å². The summed E-state index contributed by atoms with van der Waals surface area (Å²) in [5, 5.41) is 0. The van der Waals surface area contributed by atoms with Crippen LogP contribution < -0.4 is 16.4 Å². The lowest BCUT2D eigenvalue weighted by Crippen LogP contribution is -2.58. The molecule has 2 aliphatic rings. The van der Waals surface area contributed by atoms with Crippen LogP contribution in [0.5, 0.6) is 0 Å². The zero-order valence-corrected chi connectivity index (χ0v) is 12.8. The molecule has 1 saturated carbocycles. The summed E-state index contributed by atoms with van der Waals surface area (Å²) in [4.78, 5) is 11.0. The van der Waals surface area contributed by atoms with Gasteiger partial charge in [0, 0.05) is 5.69 Å². The monoisotopic (exact) mass is 285 g/mol. The molecule has 0 radical (unpaired) electrons. The average Bonchev–Trinajstić information content (AvgIpc) is 2.42. The van der Waals surface area contributed by atoms with Crippen molar-refractivity contribution in [2.75, 3.05) is 4.90 Å². The van der Waals surface area contributed by atoms with Crippen LogP contribution in [-0.2, 0) is 0 Å². The van der Waals surface area contributed by atoms with Crippen molar-refractivity contribution in [2.24, 2.45) is 21.5 Å². The van der Waals surface area contributed by atoms with Gasteiger partial charge in [-0.1, -0.05) is 18.6 Å². The second-order valence-electron chi connectivity index (χ2n) is 6.11. The van der Waals surface area contributed by atoms with Crippen LogP contribution in [0, 0.1) is 13.8 Å². The third-order valence-corrected chi connectivity index (χ3v) is 4.46. The molecule has 5 heteroatoms. The summed E-state index contributed by atoms with van der Waals surface area (Å²) in [5.74, 6) is 0.758. The number of guanidine groups is 2. The first-order valence-corrected chi connectivity index (χ1v) is 7.59. The van der Waals surface area contributed by atoms with Gasteiger partial charge in [-0.05, 0) is 56.7 Å². The van der Waals surface area contributed by atoms with Crippen LogP contribution in [0.25, 0.3) is 0 Å². The maximum Gasteiger partial charge on any atom is 0.220 e. The number of nitrogens with zero attached hydrogens (tertiary/aromatic N) is 3. The zero-order chi connectivity index (χ0) is 15.0. The highest BCUT2D eigenvalue weighted by atomic mass is 15.4. The average molecular weight is 285 g/mol. The molecule has 21 heavy (non-hydrogen) atoms. The van der Waals surface area contributed by atoms with E-state index in [-0.39, 0.29) is 5.66 Å². The summed E-state index contributed by atoms with van der Waals surface area (Å²) >= 11 is 0. The van der Waals surface area contributed by atoms with Gasteiger partial charge in [0.05, 0.1) is 0 Å². The largest absolute Gasteiger partial charge is 0.369 e. The Morgan fingerprint density at radius 2 is 1.81 bits per heavy atom. The Morgan fingerprint density at radius 1 is 1.10 bits per heavy atom. The van der Waals surface area contributed by atoms with Crippen molar-refractivity contribution in [1.29, 1.82) is 0 Å². The van der Waals surface area contributed by atoms with Crippen molar-refractivity contribution >= 4 is 17.6 Å². The number of anilines is 1. The Kier molecular flexibility index (Phi) is 3.35. The molecule has 0 saturated heterocycles. The van der Waals surface area contributed by atoms with Gasteiger partial charge in [-0.3, -0.25) is 4.90 Å². The zero-order valence-electron chi connectivity index (χ0n) is 12.8. The van der Waals surface area contributed by atoms with Crippen LogP contribution in [0.2, 0.25) is 0 Å². The van der Waals surface area contributed by atoms with Crippen LogP contribution >= 0.6 is 0 Å². The molecule has 1 aliphatic heterocycles. The SMILES string of the molecule is Cc1ccc(C)c(N2C(N)=NC(N)=NC23CCCCC3)c1. The molecule has 5 nitrogen and oxygen atoms in total. The molecule has 1 fully saturated rings. The third kappa shape index (κ3) is 2.37. The van der Waals surface area contributed by atoms with E-state index in [2.05, 4.69) is 41.9 Å². The minimum atomic E-state index is -0.354. The first kappa shape index (κ1) is 13.9. The van der Waals surface area contributed by atoms with E-state index in [1.54, 1.807) is 0 Å². The predicted molar refractivity (Wildman–Crippen MR) is 87.5 cm³/mol. The Balaban J connectivity index is 2.13. The molecular formula is C16H23N5. The fraction of sp³-hybridized carbons (Fsp3) is 0.500. The molecule has 1 heterocycles. The molecule has 0 bridgehead atoms. The topological polar surface area (TPSA) is 80.0 Å². The predicted octanol–water partition coefficient (Wildman–Crippen LogP) is 2.41. The Morgan fingerprint density at radius 3 is 2.52 bits per heavy atom. The van der Waals surface area contributed by atoms with Crippen LogP contribution in [0.4, 0.5) is 5.69 Å². The number of hydrogen-bond acceptors (Lipinski definition) is 5. The molecule has 4 N–H and O–H groups in total. The lowest BCUT2D eigenvalue weighted by atomic mass is 9.87. The first-order valence-electron chi connectivity index (χ1n) is 7.59. The van der Waals surface area contributed by atoms with Crippen LogP contribution in [0.3, 0.4) is 0 Å². The molecular weight excluding hydrogens is 262 g/mol. The number of rotatable bonds is 1. The Hall–Kier alpha value is -2.04. The fourth-order valence-electron chi connectivity index (χ4n) is 3.43. The Labute approximate surface area is 125 Å². The van der Waals surface area contributed by atoms with E-state index in [1.807, 2.05) is 0 Å². The van der Waals surface area contributed by atoms with Gasteiger partial charge in [0.2, 0.25) is 11.9 Å². The van der Waals surface area contributed by atoms with E-state index in [1.165, 1.54) is 17.5 Å². The second-order valence-corrected chi connectivity index (χ2v) is 6.11. The number of hydrogen-bond donors (Lipinski definition) is 2. The molecule has 3 rings (SSSR count). The second kappa shape index (κ2) is 5.06. The van der Waals surface area contributed by atoms with Crippen molar-refractivity contribution in [3.8, 4) is 0 Å². The quantitative estimate of drug-likeness (QED) is 0.831. The van der Waals surface area contributed by atoms with E-state index in [9.17, 15) is 0 Å². The number of nitrogens with two attached hydrogens (primary N) is 2. The minimum absolute atomic E-state index is 0.302. The molecule has 1 aromatic rings. The van der Waals surface area contributed by atoms with Gasteiger partial charge in [-0.25, -0.2) is 4.99 Å². The number of aryl methyl sites for hydroxylation is 2. The van der Waals surface area contributed by atoms with E-state index in [0.29, 0.717) is 11.9 Å². The molecule has 0 aromatic heterocycles. The summed E-state index contributed by atoms with van der Waals surface area (Å²) < 4.78 is 0. The summed E-state index contributed by atoms with van der Waals surface area (Å²) in [5.41, 5.74) is 15.3. The molecule has 0 unspecified atom stereocenters. The number of benzene rings is 1. The van der Waals surface area contributed by atoms with Crippen LogP contribution in [0.1, 0.15) is 43.2 Å². The van der Waals surface area contributed by atoms with Crippen molar-refractivity contribution in [3.05, 3.63) is 29.3 Å². The van der Waals surface area contributed by atoms with Crippen LogP contribution in [0.15, 0.2) is 28.2 Å². The normalized spacial score (nSPS) is 21.1. The van der Waals surface area contributed by atoms with Gasteiger partial charge in [0.15, 0.2) is 0 Å². The minimum Gasteiger partial charge on any atom is -0.369 e. The Bertz CT molecular complexity index is 611. The van der Waals surface area contributed by atoms with Gasteiger partial charge in [-0.15, -0.1) is 0 Å². The molecule has 1 spiro atoms. The van der Waals surface area contributed by atoms with Crippen molar-refractivity contribution in [2.45, 2.75) is 51.6 Å².